The molecule has 1 heterocycles. The van der Waals surface area contributed by atoms with Crippen LogP contribution in [0.5, 0.6) is 0 Å². The molecule has 1 N–H and O–H groups in total. The number of aliphatic hydroxyl groups is 1. The van der Waals surface area contributed by atoms with Gasteiger partial charge in [0.15, 0.2) is 0 Å². The number of rotatable bonds is 1. The van der Waals surface area contributed by atoms with E-state index in [2.05, 4.69) is 0 Å². The summed E-state index contributed by atoms with van der Waals surface area (Å²) in [6.45, 7) is 0. The normalized spacial score (nSPS) is 22.8. The average Bonchev–Trinajstić information content (AvgIpc) is 2.82. The van der Waals surface area contributed by atoms with E-state index < -0.39 is 17.2 Å². The Kier molecular flexibility index (Phi) is 2.48. The largest absolute Gasteiger partial charge is 0.469 e. The fourth-order valence-electron chi connectivity index (χ4n) is 2.64. The monoisotopic (exact) mass is 250 g/mol. The Labute approximate surface area is 103 Å². The van der Waals surface area contributed by atoms with Gasteiger partial charge in [-0.05, 0) is 37.1 Å². The quantitative estimate of drug-likeness (QED) is 0.843. The van der Waals surface area contributed by atoms with E-state index in [-0.39, 0.29) is 5.56 Å². The van der Waals surface area contributed by atoms with Crippen molar-refractivity contribution < 1.29 is 18.3 Å². The first kappa shape index (κ1) is 11.4. The molecule has 2 aromatic rings. The van der Waals surface area contributed by atoms with Crippen molar-refractivity contribution in [3.8, 4) is 0 Å². The molecule has 2 nitrogen and oxygen atoms in total. The zero-order valence-electron chi connectivity index (χ0n) is 9.62. The molecule has 1 aromatic carbocycles. The maximum atomic E-state index is 13.8. The second-order valence-electron chi connectivity index (χ2n) is 4.60. The number of hydrogen-bond donors (Lipinski definition) is 1. The van der Waals surface area contributed by atoms with E-state index >= 15 is 0 Å². The Balaban J connectivity index is 2.20. The Morgan fingerprint density at radius 3 is 2.83 bits per heavy atom. The number of hydrogen-bond acceptors (Lipinski definition) is 2. The summed E-state index contributed by atoms with van der Waals surface area (Å²) in [7, 11) is 0. The molecule has 0 saturated carbocycles. The van der Waals surface area contributed by atoms with Crippen LogP contribution in [0.25, 0.3) is 0 Å². The van der Waals surface area contributed by atoms with Gasteiger partial charge < -0.3 is 9.52 Å². The number of benzene rings is 1. The van der Waals surface area contributed by atoms with Gasteiger partial charge in [-0.25, -0.2) is 8.78 Å². The summed E-state index contributed by atoms with van der Waals surface area (Å²) in [6.07, 6.45) is 3.21. The summed E-state index contributed by atoms with van der Waals surface area (Å²) >= 11 is 0. The Hall–Kier alpha value is -1.68. The molecule has 0 fully saturated rings. The highest BCUT2D eigenvalue weighted by Gasteiger charge is 2.39. The Morgan fingerprint density at radius 1 is 1.17 bits per heavy atom. The minimum Gasteiger partial charge on any atom is -0.469 e. The van der Waals surface area contributed by atoms with Gasteiger partial charge in [0.2, 0.25) is 0 Å². The van der Waals surface area contributed by atoms with Crippen LogP contribution in [-0.2, 0) is 12.0 Å². The maximum absolute atomic E-state index is 13.8. The highest BCUT2D eigenvalue weighted by molar-refractivity contribution is 5.40. The third-order valence-electron chi connectivity index (χ3n) is 3.51. The molecule has 0 radical (unpaired) electrons. The van der Waals surface area contributed by atoms with Crippen molar-refractivity contribution in [1.29, 1.82) is 0 Å². The SMILES string of the molecule is OC1(c2cc(F)ccc2F)CCCc2occc21. The fraction of sp³-hybridized carbons (Fsp3) is 0.286. The highest BCUT2D eigenvalue weighted by atomic mass is 19.1. The molecular weight excluding hydrogens is 238 g/mol. The molecule has 1 unspecified atom stereocenters. The van der Waals surface area contributed by atoms with Crippen molar-refractivity contribution >= 4 is 0 Å². The van der Waals surface area contributed by atoms with Crippen LogP contribution < -0.4 is 0 Å². The highest BCUT2D eigenvalue weighted by Crippen LogP contribution is 2.42. The van der Waals surface area contributed by atoms with E-state index in [1.807, 2.05) is 0 Å². The van der Waals surface area contributed by atoms with Crippen molar-refractivity contribution in [2.24, 2.45) is 0 Å². The number of furan rings is 1. The molecule has 1 atom stereocenters. The van der Waals surface area contributed by atoms with Crippen molar-refractivity contribution in [3.05, 3.63) is 59.1 Å². The minimum absolute atomic E-state index is 0.0233. The lowest BCUT2D eigenvalue weighted by Gasteiger charge is -2.32. The van der Waals surface area contributed by atoms with E-state index in [0.717, 1.165) is 18.2 Å². The first-order chi connectivity index (χ1) is 8.61. The molecule has 4 heteroatoms. The van der Waals surface area contributed by atoms with E-state index in [1.165, 1.54) is 6.26 Å². The summed E-state index contributed by atoms with van der Waals surface area (Å²) in [6, 6.07) is 4.76. The second-order valence-corrected chi connectivity index (χ2v) is 4.60. The molecule has 1 aliphatic rings. The molecule has 1 aliphatic carbocycles. The molecule has 0 bridgehead atoms. The number of fused-ring (bicyclic) bond motifs is 1. The molecule has 3 rings (SSSR count). The molecule has 1 aromatic heterocycles. The lowest BCUT2D eigenvalue weighted by molar-refractivity contribution is 0.0549. The zero-order chi connectivity index (χ0) is 12.8. The second kappa shape index (κ2) is 3.92. The van der Waals surface area contributed by atoms with Crippen LogP contribution in [0.3, 0.4) is 0 Å². The van der Waals surface area contributed by atoms with Crippen LogP contribution in [0.4, 0.5) is 8.78 Å². The summed E-state index contributed by atoms with van der Waals surface area (Å²) in [4.78, 5) is 0. The summed E-state index contributed by atoms with van der Waals surface area (Å²) in [5, 5.41) is 10.7. The van der Waals surface area contributed by atoms with Crippen molar-refractivity contribution in [2.75, 3.05) is 0 Å². The van der Waals surface area contributed by atoms with Gasteiger partial charge in [0.05, 0.1) is 6.26 Å². The van der Waals surface area contributed by atoms with Crippen molar-refractivity contribution in [3.63, 3.8) is 0 Å². The van der Waals surface area contributed by atoms with Crippen LogP contribution in [0.1, 0.15) is 29.7 Å². The smallest absolute Gasteiger partial charge is 0.129 e. The maximum Gasteiger partial charge on any atom is 0.129 e. The van der Waals surface area contributed by atoms with Crippen LogP contribution in [0.15, 0.2) is 34.9 Å². The van der Waals surface area contributed by atoms with Gasteiger partial charge in [0.1, 0.15) is 23.0 Å². The van der Waals surface area contributed by atoms with Gasteiger partial charge in [-0.1, -0.05) is 0 Å². The van der Waals surface area contributed by atoms with Gasteiger partial charge in [-0.2, -0.15) is 0 Å². The first-order valence-electron chi connectivity index (χ1n) is 5.86. The van der Waals surface area contributed by atoms with Crippen LogP contribution >= 0.6 is 0 Å². The summed E-state index contributed by atoms with van der Waals surface area (Å²) in [5.41, 5.74) is -0.977. The van der Waals surface area contributed by atoms with E-state index in [9.17, 15) is 13.9 Å². The Morgan fingerprint density at radius 2 is 2.00 bits per heavy atom. The molecule has 0 aliphatic heterocycles. The third kappa shape index (κ3) is 1.56. The minimum atomic E-state index is -1.49. The first-order valence-corrected chi connectivity index (χ1v) is 5.86. The van der Waals surface area contributed by atoms with Gasteiger partial charge in [-0.15, -0.1) is 0 Å². The van der Waals surface area contributed by atoms with Gasteiger partial charge >= 0.3 is 0 Å². The van der Waals surface area contributed by atoms with Crippen molar-refractivity contribution in [1.82, 2.24) is 0 Å². The van der Waals surface area contributed by atoms with Crippen LogP contribution in [-0.4, -0.2) is 5.11 Å². The Bertz CT molecular complexity index is 591. The third-order valence-corrected chi connectivity index (χ3v) is 3.51. The standard InChI is InChI=1S/C14H12F2O2/c15-9-3-4-12(16)11(8-9)14(17)6-1-2-13-10(14)5-7-18-13/h3-5,7-8,17H,1-2,6H2. The van der Waals surface area contributed by atoms with Crippen LogP contribution in [0, 0.1) is 11.6 Å². The lowest BCUT2D eigenvalue weighted by Crippen LogP contribution is -2.32. The lowest BCUT2D eigenvalue weighted by atomic mass is 9.78. The number of aryl methyl sites for hydroxylation is 1. The molecule has 0 saturated heterocycles. The van der Waals surface area contributed by atoms with Gasteiger partial charge in [-0.3, -0.25) is 0 Å². The van der Waals surface area contributed by atoms with Crippen LogP contribution in [0.2, 0.25) is 0 Å². The zero-order valence-corrected chi connectivity index (χ0v) is 9.62. The summed E-state index contributed by atoms with van der Waals surface area (Å²) < 4.78 is 32.4. The fourth-order valence-corrected chi connectivity index (χ4v) is 2.64. The van der Waals surface area contributed by atoms with Gasteiger partial charge in [0.25, 0.3) is 0 Å². The van der Waals surface area contributed by atoms with E-state index in [4.69, 9.17) is 4.42 Å². The van der Waals surface area contributed by atoms with E-state index in [1.54, 1.807) is 6.07 Å². The molecule has 94 valence electrons. The van der Waals surface area contributed by atoms with Gasteiger partial charge in [0, 0.05) is 17.5 Å². The average molecular weight is 250 g/mol. The van der Waals surface area contributed by atoms with E-state index in [0.29, 0.717) is 30.6 Å². The van der Waals surface area contributed by atoms with Crippen molar-refractivity contribution in [2.45, 2.75) is 24.9 Å². The topological polar surface area (TPSA) is 33.4 Å². The predicted octanol–water partition coefficient (Wildman–Crippen LogP) is 3.13. The molecular formula is C14H12F2O2. The molecule has 0 spiro atoms. The predicted molar refractivity (Wildman–Crippen MR) is 61.0 cm³/mol. The molecule has 0 amide bonds. The summed E-state index contributed by atoms with van der Waals surface area (Å²) in [5.74, 6) is -0.518. The number of halogens is 2. The molecule has 18 heavy (non-hydrogen) atoms.